The van der Waals surface area contributed by atoms with E-state index in [4.69, 9.17) is 14.2 Å². The van der Waals surface area contributed by atoms with Crippen LogP contribution < -0.4 is 5.32 Å². The topological polar surface area (TPSA) is 135 Å². The lowest BCUT2D eigenvalue weighted by atomic mass is 9.82. The molecule has 0 unspecified atom stereocenters. The molecule has 1 N–H and O–H groups in total. The number of benzene rings is 1. The molecule has 2 rings (SSSR count). The van der Waals surface area contributed by atoms with Crippen molar-refractivity contribution in [1.29, 1.82) is 0 Å². The summed E-state index contributed by atoms with van der Waals surface area (Å²) >= 11 is 0. The van der Waals surface area contributed by atoms with Gasteiger partial charge in [0.2, 0.25) is 17.7 Å². The van der Waals surface area contributed by atoms with Crippen LogP contribution in [0.15, 0.2) is 30.3 Å². The van der Waals surface area contributed by atoms with E-state index in [0.717, 1.165) is 18.4 Å². The van der Waals surface area contributed by atoms with E-state index in [0.29, 0.717) is 13.0 Å². The van der Waals surface area contributed by atoms with E-state index in [9.17, 15) is 24.0 Å². The number of Topliss-reactive ketones (excluding diaryl/α,β-unsaturated/α-hetero) is 1. The van der Waals surface area contributed by atoms with Crippen LogP contribution in [0, 0.1) is 23.7 Å². The maximum Gasteiger partial charge on any atom is 0.328 e. The van der Waals surface area contributed by atoms with Gasteiger partial charge in [-0.05, 0) is 58.2 Å². The second-order valence-electron chi connectivity index (χ2n) is 15.8. The molecular formula is C41H68N4O8. The van der Waals surface area contributed by atoms with Crippen LogP contribution >= 0.6 is 0 Å². The molecule has 12 nitrogen and oxygen atoms in total. The van der Waals surface area contributed by atoms with Gasteiger partial charge in [-0.2, -0.15) is 0 Å². The van der Waals surface area contributed by atoms with E-state index in [2.05, 4.69) is 12.2 Å². The first-order valence-corrected chi connectivity index (χ1v) is 19.1. The number of ether oxygens (including phenoxy) is 3. The molecule has 1 aromatic rings. The van der Waals surface area contributed by atoms with Gasteiger partial charge < -0.3 is 29.3 Å². The third-order valence-corrected chi connectivity index (χ3v) is 11.7. The number of rotatable bonds is 21. The Morgan fingerprint density at radius 3 is 2.08 bits per heavy atom. The fourth-order valence-electron chi connectivity index (χ4n) is 7.36. The number of likely N-dealkylation sites (N-methyl/N-ethyl adjacent to an activating group) is 2. The number of nitrogens with one attached hydrogen (secondary N) is 1. The highest BCUT2D eigenvalue weighted by Gasteiger charge is 2.44. The van der Waals surface area contributed by atoms with Crippen LogP contribution in [0.4, 0.5) is 0 Å². The highest BCUT2D eigenvalue weighted by Crippen LogP contribution is 2.31. The van der Waals surface area contributed by atoms with Crippen LogP contribution in [0.25, 0.3) is 0 Å². The number of carbonyl (C=O) groups excluding carboxylic acids is 5. The molecule has 0 aliphatic carbocycles. The normalized spacial score (nSPS) is 18.8. The fraction of sp³-hybridized carbons (Fsp3) is 0.732. The molecule has 1 aliphatic rings. The first-order valence-electron chi connectivity index (χ1n) is 19.1. The molecule has 0 spiro atoms. The van der Waals surface area contributed by atoms with E-state index < -0.39 is 47.6 Å². The molecule has 8 atom stereocenters. The summed E-state index contributed by atoms with van der Waals surface area (Å²) in [6.45, 7) is 14.0. The predicted octanol–water partition coefficient (Wildman–Crippen LogP) is 4.38. The van der Waals surface area contributed by atoms with Gasteiger partial charge in [-0.3, -0.25) is 24.1 Å². The molecule has 0 saturated carbocycles. The monoisotopic (exact) mass is 745 g/mol. The van der Waals surface area contributed by atoms with Crippen LogP contribution in [-0.4, -0.2) is 129 Å². The highest BCUT2D eigenvalue weighted by molar-refractivity contribution is 5.92. The fourth-order valence-corrected chi connectivity index (χ4v) is 7.36. The molecule has 12 heteroatoms. The van der Waals surface area contributed by atoms with Crippen molar-refractivity contribution in [3.8, 4) is 0 Å². The Balaban J connectivity index is 2.28. The number of esters is 1. The van der Waals surface area contributed by atoms with E-state index >= 15 is 0 Å². The first kappa shape index (κ1) is 45.8. The molecule has 0 aromatic heterocycles. The van der Waals surface area contributed by atoms with E-state index in [-0.39, 0.29) is 60.6 Å². The minimum absolute atomic E-state index is 0.00537. The maximum absolute atomic E-state index is 14.2. The lowest BCUT2D eigenvalue weighted by molar-refractivity contribution is -0.150. The van der Waals surface area contributed by atoms with E-state index in [1.807, 2.05) is 83.9 Å². The van der Waals surface area contributed by atoms with Crippen LogP contribution in [0.3, 0.4) is 0 Å². The second kappa shape index (κ2) is 20.9. The molecule has 1 heterocycles. The number of hydrogen-bond acceptors (Lipinski definition) is 9. The third kappa shape index (κ3) is 11.8. The van der Waals surface area contributed by atoms with Gasteiger partial charge in [-0.1, -0.05) is 71.4 Å². The van der Waals surface area contributed by atoms with Gasteiger partial charge in [0, 0.05) is 46.6 Å². The number of amides is 3. The molecule has 1 aromatic carbocycles. The zero-order chi connectivity index (χ0) is 40.2. The molecule has 3 amide bonds. The predicted molar refractivity (Wildman–Crippen MR) is 206 cm³/mol. The van der Waals surface area contributed by atoms with Gasteiger partial charge in [-0.25, -0.2) is 4.79 Å². The van der Waals surface area contributed by atoms with Crippen LogP contribution in [-0.2, 0) is 44.6 Å². The smallest absolute Gasteiger partial charge is 0.328 e. The van der Waals surface area contributed by atoms with Gasteiger partial charge in [0.05, 0.1) is 49.3 Å². The van der Waals surface area contributed by atoms with Gasteiger partial charge in [0.15, 0.2) is 5.78 Å². The molecule has 1 aliphatic heterocycles. The minimum atomic E-state index is -0.885. The SMILES string of the molecule is CC[C@H](C)[C@@H]([C@@H](CC(=O)N1CCC[C@H]1[C@H](OC)[C@@H](C)C(=O)N[C@@H](Cc1ccccc1)C(=O)OC)OC)N(C)C(=O)[C@@H](CC(=O)C(C)(C)N(C)C)C(C)C. The first-order chi connectivity index (χ1) is 24.9. The van der Waals surface area contributed by atoms with E-state index in [1.165, 1.54) is 14.2 Å². The number of methoxy groups -OCH3 is 3. The van der Waals surface area contributed by atoms with Gasteiger partial charge in [0.1, 0.15) is 6.04 Å². The van der Waals surface area contributed by atoms with Crippen molar-refractivity contribution in [2.45, 2.75) is 123 Å². The molecule has 53 heavy (non-hydrogen) atoms. The van der Waals surface area contributed by atoms with Crippen molar-refractivity contribution < 1.29 is 38.2 Å². The zero-order valence-electron chi connectivity index (χ0n) is 34.6. The van der Waals surface area contributed by atoms with Crippen molar-refractivity contribution in [2.24, 2.45) is 23.7 Å². The van der Waals surface area contributed by atoms with E-state index in [1.54, 1.807) is 30.9 Å². The lowest BCUT2D eigenvalue weighted by Gasteiger charge is -2.41. The average molecular weight is 745 g/mol. The van der Waals surface area contributed by atoms with Gasteiger partial charge >= 0.3 is 5.97 Å². The summed E-state index contributed by atoms with van der Waals surface area (Å²) in [5, 5.41) is 2.86. The second-order valence-corrected chi connectivity index (χ2v) is 15.8. The summed E-state index contributed by atoms with van der Waals surface area (Å²) in [5.41, 5.74) is 0.156. The van der Waals surface area contributed by atoms with Crippen LogP contribution in [0.1, 0.15) is 86.1 Å². The Morgan fingerprint density at radius 2 is 1.57 bits per heavy atom. The Hall–Kier alpha value is -3.35. The summed E-state index contributed by atoms with van der Waals surface area (Å²) in [4.78, 5) is 73.5. The van der Waals surface area contributed by atoms with Crippen molar-refractivity contribution >= 4 is 29.5 Å². The molecule has 0 radical (unpaired) electrons. The van der Waals surface area contributed by atoms with Crippen LogP contribution in [0.5, 0.6) is 0 Å². The summed E-state index contributed by atoms with van der Waals surface area (Å²) in [6, 6.07) is 7.70. The summed E-state index contributed by atoms with van der Waals surface area (Å²) in [7, 11) is 9.86. The molecule has 1 saturated heterocycles. The van der Waals surface area contributed by atoms with Crippen molar-refractivity contribution in [3.63, 3.8) is 0 Å². The minimum Gasteiger partial charge on any atom is -0.467 e. The largest absolute Gasteiger partial charge is 0.467 e. The number of nitrogens with zero attached hydrogens (tertiary/aromatic N) is 3. The summed E-state index contributed by atoms with van der Waals surface area (Å²) in [5.74, 6) is -2.53. The van der Waals surface area contributed by atoms with Crippen molar-refractivity contribution in [1.82, 2.24) is 20.0 Å². The molecule has 0 bridgehead atoms. The highest BCUT2D eigenvalue weighted by atomic mass is 16.5. The Bertz CT molecular complexity index is 1350. The van der Waals surface area contributed by atoms with Gasteiger partial charge in [0.25, 0.3) is 0 Å². The summed E-state index contributed by atoms with van der Waals surface area (Å²) < 4.78 is 16.9. The van der Waals surface area contributed by atoms with Crippen molar-refractivity contribution in [3.05, 3.63) is 35.9 Å². The third-order valence-electron chi connectivity index (χ3n) is 11.7. The van der Waals surface area contributed by atoms with Gasteiger partial charge in [-0.15, -0.1) is 0 Å². The zero-order valence-corrected chi connectivity index (χ0v) is 34.6. The summed E-state index contributed by atoms with van der Waals surface area (Å²) in [6.07, 6.45) is 1.28. The number of carbonyl (C=O) groups is 5. The Morgan fingerprint density at radius 1 is 0.943 bits per heavy atom. The van der Waals surface area contributed by atoms with Crippen molar-refractivity contribution in [2.75, 3.05) is 49.0 Å². The molecule has 300 valence electrons. The number of likely N-dealkylation sites (tertiary alicyclic amines) is 1. The number of ketones is 1. The molecular weight excluding hydrogens is 676 g/mol. The average Bonchev–Trinajstić information content (AvgIpc) is 3.62. The standard InChI is InChI=1S/C41H68N4O8/c1-14-27(4)36(44(10)39(49)30(26(2)3)24-34(46)41(6,7)43(8)9)33(51-11)25-35(47)45-22-18-21-32(45)37(52-12)28(5)38(48)42-31(40(50)53-13)23-29-19-16-15-17-20-29/h15-17,19-20,26-28,30-33,36-37H,14,18,21-25H2,1-13H3,(H,42,48)/t27-,28+,30-,31-,32-,33+,36-,37+/m0/s1. The quantitative estimate of drug-likeness (QED) is 0.182. The number of hydrogen-bond donors (Lipinski definition) is 1. The Kier molecular flexibility index (Phi) is 18.1. The lowest BCUT2D eigenvalue weighted by Crippen LogP contribution is -2.55. The Labute approximate surface area is 318 Å². The maximum atomic E-state index is 14.2. The molecule has 1 fully saturated rings. The van der Waals surface area contributed by atoms with Crippen LogP contribution in [0.2, 0.25) is 0 Å².